The summed E-state index contributed by atoms with van der Waals surface area (Å²) in [6, 6.07) is 0. The predicted octanol–water partition coefficient (Wildman–Crippen LogP) is 5.63. The number of nitrogens with zero attached hydrogens (tertiary/aromatic N) is 1. The summed E-state index contributed by atoms with van der Waals surface area (Å²) < 4.78 is 1.34. The molecule has 0 fully saturated rings. The van der Waals surface area contributed by atoms with Gasteiger partial charge in [-0.3, -0.25) is 0 Å². The molecule has 0 spiro atoms. The number of rotatable bonds is 16. The molecule has 0 rings (SSSR count). The first kappa shape index (κ1) is 27.6. The monoisotopic (exact) mass is 374 g/mol. The van der Waals surface area contributed by atoms with Gasteiger partial charge in [-0.25, -0.2) is 4.79 Å². The molecule has 0 aliphatic rings. The van der Waals surface area contributed by atoms with Crippen LogP contribution in [0.5, 0.6) is 0 Å². The van der Waals surface area contributed by atoms with Crippen LogP contribution in [0, 0.1) is 0 Å². The zero-order valence-electron chi connectivity index (χ0n) is 18.4. The second-order valence-electron chi connectivity index (χ2n) is 7.99. The second kappa shape index (κ2) is 19.2. The standard InChI is InChI=1S/C19H42N.C3H6O3/c1-5-8-11-14-17-20(4,18-15-12-9-6-2)19-16-13-10-7-3;1-2(4)3(5)6/h5-19H2,1-4H3;2,4H,1H3,(H,5,6)/q+1;. The van der Waals surface area contributed by atoms with Crippen molar-refractivity contribution in [1.29, 1.82) is 0 Å². The second-order valence-corrected chi connectivity index (χ2v) is 7.99. The molecule has 26 heavy (non-hydrogen) atoms. The highest BCUT2D eigenvalue weighted by Crippen LogP contribution is 2.14. The number of quaternary nitrogens is 1. The first-order valence-electron chi connectivity index (χ1n) is 11.1. The van der Waals surface area contributed by atoms with E-state index in [1.165, 1.54) is 108 Å². The molecule has 1 unspecified atom stereocenters. The van der Waals surface area contributed by atoms with Crippen LogP contribution in [-0.2, 0) is 4.79 Å². The number of hydrogen-bond acceptors (Lipinski definition) is 2. The van der Waals surface area contributed by atoms with Gasteiger partial charge in [0.15, 0.2) is 0 Å². The molecule has 2 N–H and O–H groups in total. The van der Waals surface area contributed by atoms with Gasteiger partial charge in [0.25, 0.3) is 0 Å². The van der Waals surface area contributed by atoms with Crippen molar-refractivity contribution in [2.45, 2.75) is 111 Å². The minimum Gasteiger partial charge on any atom is -0.479 e. The third-order valence-electron chi connectivity index (χ3n) is 5.01. The Balaban J connectivity index is 0. The van der Waals surface area contributed by atoms with E-state index in [2.05, 4.69) is 27.8 Å². The van der Waals surface area contributed by atoms with Crippen LogP contribution < -0.4 is 0 Å². The maximum absolute atomic E-state index is 9.45. The first-order valence-corrected chi connectivity index (χ1v) is 11.1. The lowest BCUT2D eigenvalue weighted by molar-refractivity contribution is -0.910. The molecule has 0 aromatic carbocycles. The fourth-order valence-corrected chi connectivity index (χ4v) is 3.10. The van der Waals surface area contributed by atoms with E-state index in [-0.39, 0.29) is 0 Å². The summed E-state index contributed by atoms with van der Waals surface area (Å²) in [6.45, 7) is 12.4. The number of carboxylic acid groups (broad SMARTS) is 1. The molecule has 0 bridgehead atoms. The smallest absolute Gasteiger partial charge is 0.332 e. The highest BCUT2D eigenvalue weighted by atomic mass is 16.4. The number of aliphatic hydroxyl groups is 1. The van der Waals surface area contributed by atoms with Crippen LogP contribution in [0.25, 0.3) is 0 Å². The van der Waals surface area contributed by atoms with Gasteiger partial charge in [0, 0.05) is 0 Å². The van der Waals surface area contributed by atoms with Crippen molar-refractivity contribution in [2.24, 2.45) is 0 Å². The molecule has 0 aliphatic heterocycles. The molecule has 0 amide bonds. The van der Waals surface area contributed by atoms with Crippen LogP contribution in [0.2, 0.25) is 0 Å². The van der Waals surface area contributed by atoms with E-state index in [9.17, 15) is 4.79 Å². The number of carbonyl (C=O) groups is 1. The van der Waals surface area contributed by atoms with Crippen LogP contribution in [0.3, 0.4) is 0 Å². The molecule has 0 heterocycles. The van der Waals surface area contributed by atoms with Crippen molar-refractivity contribution in [2.75, 3.05) is 26.7 Å². The van der Waals surface area contributed by atoms with Crippen molar-refractivity contribution >= 4 is 5.97 Å². The zero-order valence-corrected chi connectivity index (χ0v) is 18.4. The number of hydrogen-bond donors (Lipinski definition) is 2. The van der Waals surface area contributed by atoms with Gasteiger partial charge < -0.3 is 14.7 Å². The van der Waals surface area contributed by atoms with Crippen molar-refractivity contribution in [3.8, 4) is 0 Å². The van der Waals surface area contributed by atoms with Crippen molar-refractivity contribution in [3.63, 3.8) is 0 Å². The highest BCUT2D eigenvalue weighted by Gasteiger charge is 2.19. The fraction of sp³-hybridized carbons (Fsp3) is 0.955. The third kappa shape index (κ3) is 19.7. The quantitative estimate of drug-likeness (QED) is 0.272. The normalized spacial score (nSPS) is 12.4. The van der Waals surface area contributed by atoms with Crippen LogP contribution in [0.1, 0.15) is 105 Å². The molecular formula is C22H48NO3+. The summed E-state index contributed by atoms with van der Waals surface area (Å²) in [5.41, 5.74) is 0. The van der Waals surface area contributed by atoms with Gasteiger partial charge in [0.2, 0.25) is 0 Å². The average molecular weight is 375 g/mol. The van der Waals surface area contributed by atoms with E-state index in [1.54, 1.807) is 0 Å². The Labute approximate surface area is 163 Å². The Kier molecular flexibility index (Phi) is 20.3. The van der Waals surface area contributed by atoms with E-state index in [0.717, 1.165) is 0 Å². The van der Waals surface area contributed by atoms with Crippen molar-refractivity contribution in [1.82, 2.24) is 0 Å². The minimum absolute atomic E-state index is 1.19. The van der Waals surface area contributed by atoms with E-state index < -0.39 is 12.1 Å². The summed E-state index contributed by atoms with van der Waals surface area (Å²) in [7, 11) is 2.52. The summed E-state index contributed by atoms with van der Waals surface area (Å²) in [6.07, 6.45) is 15.7. The molecule has 0 saturated heterocycles. The number of aliphatic carboxylic acids is 1. The largest absolute Gasteiger partial charge is 0.479 e. The fourth-order valence-electron chi connectivity index (χ4n) is 3.10. The Bertz CT molecular complexity index is 274. The number of aliphatic hydroxyl groups excluding tert-OH is 1. The zero-order chi connectivity index (χ0) is 20.3. The van der Waals surface area contributed by atoms with E-state index >= 15 is 0 Å². The molecule has 0 aromatic heterocycles. The van der Waals surface area contributed by atoms with Gasteiger partial charge >= 0.3 is 5.97 Å². The van der Waals surface area contributed by atoms with Crippen LogP contribution in [-0.4, -0.2) is 53.5 Å². The Morgan fingerprint density at radius 1 is 0.731 bits per heavy atom. The first-order chi connectivity index (χ1) is 12.3. The van der Waals surface area contributed by atoms with E-state index in [0.29, 0.717) is 0 Å². The van der Waals surface area contributed by atoms with Gasteiger partial charge in [-0.2, -0.15) is 0 Å². The van der Waals surface area contributed by atoms with Gasteiger partial charge in [-0.05, 0) is 45.4 Å². The third-order valence-corrected chi connectivity index (χ3v) is 5.01. The number of carboxylic acids is 1. The molecular weight excluding hydrogens is 326 g/mol. The lowest BCUT2D eigenvalue weighted by Crippen LogP contribution is -2.46. The Morgan fingerprint density at radius 2 is 1.00 bits per heavy atom. The molecule has 0 saturated carbocycles. The maximum Gasteiger partial charge on any atom is 0.332 e. The van der Waals surface area contributed by atoms with Crippen LogP contribution in [0.15, 0.2) is 0 Å². The molecule has 1 atom stereocenters. The molecule has 4 nitrogen and oxygen atoms in total. The lowest BCUT2D eigenvalue weighted by Gasteiger charge is -2.35. The number of unbranched alkanes of at least 4 members (excludes halogenated alkanes) is 9. The van der Waals surface area contributed by atoms with Crippen molar-refractivity contribution < 1.29 is 19.5 Å². The Hall–Kier alpha value is -0.610. The molecule has 0 aromatic rings. The molecule has 0 radical (unpaired) electrons. The summed E-state index contributed by atoms with van der Waals surface area (Å²) in [4.78, 5) is 9.45. The minimum atomic E-state index is -1.23. The molecule has 4 heteroatoms. The van der Waals surface area contributed by atoms with E-state index in [1.807, 2.05) is 0 Å². The van der Waals surface area contributed by atoms with Gasteiger partial charge in [-0.15, -0.1) is 0 Å². The Morgan fingerprint density at radius 3 is 1.19 bits per heavy atom. The summed E-state index contributed by atoms with van der Waals surface area (Å²) in [5.74, 6) is -1.19. The summed E-state index contributed by atoms with van der Waals surface area (Å²) in [5, 5.41) is 15.8. The average Bonchev–Trinajstić information content (AvgIpc) is 2.60. The van der Waals surface area contributed by atoms with Gasteiger partial charge in [0.05, 0.1) is 26.7 Å². The molecule has 0 aliphatic carbocycles. The van der Waals surface area contributed by atoms with E-state index in [4.69, 9.17) is 10.2 Å². The highest BCUT2D eigenvalue weighted by molar-refractivity contribution is 5.71. The van der Waals surface area contributed by atoms with Crippen molar-refractivity contribution in [3.05, 3.63) is 0 Å². The lowest BCUT2D eigenvalue weighted by atomic mass is 10.1. The van der Waals surface area contributed by atoms with Gasteiger partial charge in [0.1, 0.15) is 6.10 Å². The molecule has 158 valence electrons. The van der Waals surface area contributed by atoms with Crippen LogP contribution >= 0.6 is 0 Å². The maximum atomic E-state index is 9.45. The SMILES string of the molecule is CC(O)C(=O)O.CCCCCC[N+](C)(CCCCCC)CCCCCC. The topological polar surface area (TPSA) is 57.5 Å². The van der Waals surface area contributed by atoms with Gasteiger partial charge in [-0.1, -0.05) is 59.3 Å². The summed E-state index contributed by atoms with van der Waals surface area (Å²) >= 11 is 0. The van der Waals surface area contributed by atoms with Crippen LogP contribution in [0.4, 0.5) is 0 Å². The predicted molar refractivity (Wildman–Crippen MR) is 113 cm³/mol.